The number of aliphatic carboxylic acids is 1. The largest absolute Gasteiger partial charge is 0.480 e. The first-order valence-corrected chi connectivity index (χ1v) is 7.08. The van der Waals surface area contributed by atoms with Crippen molar-refractivity contribution in [2.45, 2.75) is 31.9 Å². The molecule has 5 N–H and O–H groups in total. The van der Waals surface area contributed by atoms with Crippen molar-refractivity contribution >= 4 is 17.7 Å². The normalized spacial score (nSPS) is 11.2. The van der Waals surface area contributed by atoms with Crippen LogP contribution >= 0.6 is 0 Å². The molecule has 124 valence electrons. The number of hydrogen-bond donors (Lipinski definition) is 4. The van der Waals surface area contributed by atoms with Gasteiger partial charge in [-0.3, -0.25) is 4.79 Å². The van der Waals surface area contributed by atoms with E-state index in [-0.39, 0.29) is 6.61 Å². The third kappa shape index (κ3) is 7.70. The highest BCUT2D eigenvalue weighted by Gasteiger charge is 2.10. The summed E-state index contributed by atoms with van der Waals surface area (Å²) in [5.41, 5.74) is 13.3. The minimum atomic E-state index is -1.02. The number of benzene rings is 1. The van der Waals surface area contributed by atoms with E-state index in [1.165, 1.54) is 0 Å². The number of rotatable bonds is 9. The fourth-order valence-corrected chi connectivity index (χ4v) is 1.77. The van der Waals surface area contributed by atoms with Crippen LogP contribution in [0.1, 0.15) is 24.8 Å². The molecule has 0 aliphatic carbocycles. The number of unbranched alkanes of at least 4 members (excludes halogenated alkanes) is 1. The highest BCUT2D eigenvalue weighted by molar-refractivity contribution is 5.72. The van der Waals surface area contributed by atoms with Crippen LogP contribution in [0.5, 0.6) is 0 Å². The summed E-state index contributed by atoms with van der Waals surface area (Å²) in [4.78, 5) is 25.0. The minimum absolute atomic E-state index is 0.0804. The maximum absolute atomic E-state index is 11.5. The molecular formula is C14H20N5O4+. The van der Waals surface area contributed by atoms with Gasteiger partial charge in [0.05, 0.1) is 0 Å². The van der Waals surface area contributed by atoms with Crippen molar-refractivity contribution in [3.8, 4) is 0 Å². The quantitative estimate of drug-likeness (QED) is 0.309. The molecule has 1 aromatic rings. The molecule has 0 spiro atoms. The number of carbonyl (C=O) groups is 2. The first-order valence-electron chi connectivity index (χ1n) is 7.08. The summed E-state index contributed by atoms with van der Waals surface area (Å²) in [5, 5.41) is 14.8. The lowest BCUT2D eigenvalue weighted by atomic mass is 10.1. The highest BCUT2D eigenvalue weighted by Crippen LogP contribution is 2.13. The van der Waals surface area contributed by atoms with Crippen molar-refractivity contribution in [3.05, 3.63) is 29.8 Å². The Balaban J connectivity index is 2.21. The number of nitrogens with one attached hydrogen (secondary N) is 2. The van der Waals surface area contributed by atoms with Crippen LogP contribution in [0.2, 0.25) is 0 Å². The molecule has 1 atom stereocenters. The molecule has 1 rings (SSSR count). The van der Waals surface area contributed by atoms with Gasteiger partial charge in [0.2, 0.25) is 4.91 Å². The zero-order valence-electron chi connectivity index (χ0n) is 12.6. The molecule has 1 amide bonds. The molecule has 9 nitrogen and oxygen atoms in total. The standard InChI is InChI=1S/C14H19N5O4/c15-12(13(20)21)6-1-2-7-17-14(22)23-9-10-4-3-5-11(8-10)18-19-16/h3-5,8,12,16H,1-2,6-7,9,15H2,(H-,17,20,21,22)/p+1/t12-/m0/s1. The van der Waals surface area contributed by atoms with Crippen LogP contribution in [-0.4, -0.2) is 29.8 Å². The zero-order valence-corrected chi connectivity index (χ0v) is 12.6. The van der Waals surface area contributed by atoms with Gasteiger partial charge in [0.25, 0.3) is 0 Å². The summed E-state index contributed by atoms with van der Waals surface area (Å²) in [6.07, 6.45) is 1.03. The lowest BCUT2D eigenvalue weighted by Gasteiger charge is -2.08. The summed E-state index contributed by atoms with van der Waals surface area (Å²) in [7, 11) is 0. The highest BCUT2D eigenvalue weighted by atomic mass is 16.5. The Morgan fingerprint density at radius 2 is 2.22 bits per heavy atom. The molecule has 23 heavy (non-hydrogen) atoms. The Labute approximate surface area is 133 Å². The van der Waals surface area contributed by atoms with Gasteiger partial charge < -0.3 is 20.9 Å². The molecule has 0 bridgehead atoms. The van der Waals surface area contributed by atoms with E-state index >= 15 is 0 Å². The van der Waals surface area contributed by atoms with E-state index in [1.807, 2.05) is 0 Å². The number of carbonyl (C=O) groups excluding carboxylic acids is 1. The summed E-state index contributed by atoms with van der Waals surface area (Å²) >= 11 is 0. The first-order chi connectivity index (χ1) is 11.0. The molecular weight excluding hydrogens is 302 g/mol. The van der Waals surface area contributed by atoms with Crippen LogP contribution < -0.4 is 16.0 Å². The van der Waals surface area contributed by atoms with E-state index in [9.17, 15) is 9.59 Å². The van der Waals surface area contributed by atoms with Gasteiger partial charge in [0, 0.05) is 6.54 Å². The van der Waals surface area contributed by atoms with E-state index in [0.29, 0.717) is 31.5 Å². The van der Waals surface area contributed by atoms with Crippen LogP contribution in [0.4, 0.5) is 10.5 Å². The Hall–Kier alpha value is -2.77. The molecule has 0 saturated heterocycles. The SMILES string of the molecule is N=[N+]=Nc1cccc(COC(=O)NCCCC[C@H](N)C(=O)O)c1. The third-order valence-electron chi connectivity index (χ3n) is 2.97. The second-order valence-corrected chi connectivity index (χ2v) is 4.81. The van der Waals surface area contributed by atoms with E-state index in [0.717, 1.165) is 5.56 Å². The number of ether oxygens (including phenoxy) is 1. The number of carboxylic acid groups (broad SMARTS) is 1. The maximum atomic E-state index is 11.5. The molecule has 0 heterocycles. The van der Waals surface area contributed by atoms with Crippen molar-refractivity contribution in [2.75, 3.05) is 6.54 Å². The Morgan fingerprint density at radius 3 is 2.91 bits per heavy atom. The van der Waals surface area contributed by atoms with Gasteiger partial charge in [-0.1, -0.05) is 12.1 Å². The van der Waals surface area contributed by atoms with Crippen molar-refractivity contribution in [1.29, 1.82) is 5.53 Å². The van der Waals surface area contributed by atoms with E-state index in [4.69, 9.17) is 21.1 Å². The number of alkyl carbamates (subject to hydrolysis) is 1. The molecule has 0 radical (unpaired) electrons. The fraction of sp³-hybridized carbons (Fsp3) is 0.429. The second-order valence-electron chi connectivity index (χ2n) is 4.81. The Bertz CT molecular complexity index is 586. The van der Waals surface area contributed by atoms with Crippen molar-refractivity contribution in [3.63, 3.8) is 0 Å². The van der Waals surface area contributed by atoms with Crippen LogP contribution in [-0.2, 0) is 16.1 Å². The maximum Gasteiger partial charge on any atom is 0.407 e. The third-order valence-corrected chi connectivity index (χ3v) is 2.97. The van der Waals surface area contributed by atoms with Crippen LogP contribution in [0.3, 0.4) is 0 Å². The molecule has 0 saturated carbocycles. The number of amides is 1. The molecule has 0 aliphatic rings. The van der Waals surface area contributed by atoms with Gasteiger partial charge in [0.15, 0.2) is 10.8 Å². The number of nitrogens with two attached hydrogens (primary N) is 1. The smallest absolute Gasteiger partial charge is 0.407 e. The predicted octanol–water partition coefficient (Wildman–Crippen LogP) is 1.68. The number of hydrogen-bond acceptors (Lipinski definition) is 6. The monoisotopic (exact) mass is 322 g/mol. The van der Waals surface area contributed by atoms with Crippen molar-refractivity contribution in [2.24, 2.45) is 10.8 Å². The van der Waals surface area contributed by atoms with Crippen LogP contribution in [0, 0.1) is 5.53 Å². The molecule has 9 heteroatoms. The lowest BCUT2D eigenvalue weighted by molar-refractivity contribution is -0.138. The average Bonchev–Trinajstić information content (AvgIpc) is 2.53. The fourth-order valence-electron chi connectivity index (χ4n) is 1.77. The summed E-state index contributed by atoms with van der Waals surface area (Å²) in [5.74, 6) is -1.02. The first kappa shape index (κ1) is 18.3. The topological polar surface area (TPSA) is 152 Å². The number of nitrogens with zero attached hydrogens (tertiary/aromatic N) is 2. The molecule has 1 aromatic carbocycles. The van der Waals surface area contributed by atoms with E-state index in [1.54, 1.807) is 24.3 Å². The molecule has 0 fully saturated rings. The van der Waals surface area contributed by atoms with E-state index < -0.39 is 18.1 Å². The molecule has 0 aliphatic heterocycles. The second kappa shape index (κ2) is 10.0. The van der Waals surface area contributed by atoms with Gasteiger partial charge in [-0.05, 0) is 37.0 Å². The zero-order chi connectivity index (χ0) is 17.1. The van der Waals surface area contributed by atoms with Gasteiger partial charge in [-0.2, -0.15) is 0 Å². The summed E-state index contributed by atoms with van der Waals surface area (Å²) in [6, 6.07) is 5.98. The van der Waals surface area contributed by atoms with Gasteiger partial charge in [0.1, 0.15) is 18.2 Å². The van der Waals surface area contributed by atoms with Gasteiger partial charge in [-0.15, -0.1) is 0 Å². The van der Waals surface area contributed by atoms with E-state index in [2.05, 4.69) is 15.3 Å². The lowest BCUT2D eigenvalue weighted by Crippen LogP contribution is -2.30. The summed E-state index contributed by atoms with van der Waals surface area (Å²) in [6.45, 7) is 0.468. The predicted molar refractivity (Wildman–Crippen MR) is 81.0 cm³/mol. The van der Waals surface area contributed by atoms with Gasteiger partial charge >= 0.3 is 12.1 Å². The molecule has 0 aromatic heterocycles. The van der Waals surface area contributed by atoms with Crippen LogP contribution in [0.25, 0.3) is 0 Å². The number of carboxylic acids is 1. The van der Waals surface area contributed by atoms with Crippen molar-refractivity contribution in [1.82, 2.24) is 10.2 Å². The average molecular weight is 322 g/mol. The van der Waals surface area contributed by atoms with Crippen molar-refractivity contribution < 1.29 is 19.4 Å². The minimum Gasteiger partial charge on any atom is -0.480 e. The van der Waals surface area contributed by atoms with Gasteiger partial charge in [-0.25, -0.2) is 4.79 Å². The Kier molecular flexibility index (Phi) is 7.98. The van der Waals surface area contributed by atoms with Crippen LogP contribution in [0.15, 0.2) is 29.4 Å². The summed E-state index contributed by atoms with van der Waals surface area (Å²) < 4.78 is 5.04. The Morgan fingerprint density at radius 1 is 1.43 bits per heavy atom. The molecule has 0 unspecified atom stereocenters.